The Balaban J connectivity index is 1.59. The maximum Gasteiger partial charge on any atom is 0.326 e. The van der Waals surface area contributed by atoms with Gasteiger partial charge in [-0.15, -0.1) is 0 Å². The molecular formula is C17H23NO2. The molecule has 1 aromatic rings. The van der Waals surface area contributed by atoms with Gasteiger partial charge < -0.3 is 9.67 Å². The maximum atomic E-state index is 11.7. The van der Waals surface area contributed by atoms with E-state index >= 15 is 0 Å². The van der Waals surface area contributed by atoms with Crippen molar-refractivity contribution in [1.82, 2.24) is 4.57 Å². The van der Waals surface area contributed by atoms with Crippen LogP contribution in [0.1, 0.15) is 51.0 Å². The van der Waals surface area contributed by atoms with Crippen molar-refractivity contribution in [3.8, 4) is 0 Å². The van der Waals surface area contributed by atoms with Crippen LogP contribution in [0.5, 0.6) is 0 Å². The lowest BCUT2D eigenvalue weighted by molar-refractivity contribution is -0.144. The third-order valence-electron chi connectivity index (χ3n) is 6.06. The first-order valence-electron chi connectivity index (χ1n) is 7.99. The molecule has 0 aromatic carbocycles. The van der Waals surface area contributed by atoms with Crippen molar-refractivity contribution >= 4 is 5.97 Å². The zero-order valence-electron chi connectivity index (χ0n) is 11.9. The highest BCUT2D eigenvalue weighted by Crippen LogP contribution is 2.62. The largest absolute Gasteiger partial charge is 0.480 e. The fraction of sp³-hybridized carbons (Fsp3) is 0.706. The van der Waals surface area contributed by atoms with E-state index in [1.807, 2.05) is 29.1 Å². The molecule has 1 aromatic heterocycles. The van der Waals surface area contributed by atoms with E-state index in [1.165, 1.54) is 38.5 Å². The van der Waals surface area contributed by atoms with E-state index in [0.717, 1.165) is 24.2 Å². The molecule has 1 heterocycles. The smallest absolute Gasteiger partial charge is 0.326 e. The van der Waals surface area contributed by atoms with Crippen LogP contribution >= 0.6 is 0 Å². The summed E-state index contributed by atoms with van der Waals surface area (Å²) < 4.78 is 1.89. The average Bonchev–Trinajstić information content (AvgIpc) is 2.87. The molecule has 108 valence electrons. The van der Waals surface area contributed by atoms with E-state index in [2.05, 4.69) is 0 Å². The Morgan fingerprint density at radius 2 is 1.60 bits per heavy atom. The number of carboxylic acids is 1. The van der Waals surface area contributed by atoms with E-state index in [1.54, 1.807) is 0 Å². The fourth-order valence-corrected chi connectivity index (χ4v) is 5.83. The van der Waals surface area contributed by atoms with Gasteiger partial charge in [-0.3, -0.25) is 0 Å². The first kappa shape index (κ1) is 12.5. The summed E-state index contributed by atoms with van der Waals surface area (Å²) in [6.07, 6.45) is 12.7. The molecule has 0 aliphatic heterocycles. The van der Waals surface area contributed by atoms with Crippen molar-refractivity contribution < 1.29 is 9.90 Å². The zero-order valence-corrected chi connectivity index (χ0v) is 11.9. The van der Waals surface area contributed by atoms with Gasteiger partial charge in [-0.1, -0.05) is 0 Å². The molecule has 5 rings (SSSR count). The van der Waals surface area contributed by atoms with Crippen LogP contribution in [-0.4, -0.2) is 15.6 Å². The zero-order chi connectivity index (χ0) is 13.7. The predicted molar refractivity (Wildman–Crippen MR) is 76.3 cm³/mol. The molecule has 0 spiro atoms. The van der Waals surface area contributed by atoms with Crippen LogP contribution in [0.3, 0.4) is 0 Å². The molecular weight excluding hydrogens is 250 g/mol. The summed E-state index contributed by atoms with van der Waals surface area (Å²) >= 11 is 0. The second-order valence-electron chi connectivity index (χ2n) is 7.61. The van der Waals surface area contributed by atoms with Crippen LogP contribution in [-0.2, 0) is 4.79 Å². The van der Waals surface area contributed by atoms with Crippen LogP contribution in [0.15, 0.2) is 24.5 Å². The molecule has 4 aliphatic carbocycles. The number of hydrogen-bond donors (Lipinski definition) is 1. The Morgan fingerprint density at radius 3 is 2.05 bits per heavy atom. The molecule has 20 heavy (non-hydrogen) atoms. The third kappa shape index (κ3) is 1.99. The Labute approximate surface area is 120 Å². The number of nitrogens with zero attached hydrogens (tertiary/aromatic N) is 1. The molecule has 0 amide bonds. The maximum absolute atomic E-state index is 11.7. The van der Waals surface area contributed by atoms with Crippen LogP contribution in [0.25, 0.3) is 0 Å². The van der Waals surface area contributed by atoms with Gasteiger partial charge in [0.1, 0.15) is 6.04 Å². The minimum atomic E-state index is -0.669. The Bertz CT molecular complexity index is 470. The highest BCUT2D eigenvalue weighted by molar-refractivity contribution is 5.72. The van der Waals surface area contributed by atoms with Gasteiger partial charge in [-0.25, -0.2) is 4.79 Å². The molecule has 4 bridgehead atoms. The van der Waals surface area contributed by atoms with Crippen molar-refractivity contribution in [2.75, 3.05) is 0 Å². The molecule has 4 aliphatic rings. The SMILES string of the molecule is O=C(O)C(CC12CC3CC(CC(C3)C1)C2)n1cccc1. The molecule has 1 N–H and O–H groups in total. The summed E-state index contributed by atoms with van der Waals surface area (Å²) in [5.74, 6) is 2.00. The normalized spacial score (nSPS) is 39.9. The summed E-state index contributed by atoms with van der Waals surface area (Å²) in [6.45, 7) is 0. The number of carboxylic acid groups (broad SMARTS) is 1. The Morgan fingerprint density at radius 1 is 1.10 bits per heavy atom. The van der Waals surface area contributed by atoms with E-state index in [9.17, 15) is 9.90 Å². The van der Waals surface area contributed by atoms with E-state index in [0.29, 0.717) is 5.41 Å². The van der Waals surface area contributed by atoms with Gasteiger partial charge in [0.25, 0.3) is 0 Å². The molecule has 0 saturated heterocycles. The molecule has 0 radical (unpaired) electrons. The second-order valence-corrected chi connectivity index (χ2v) is 7.61. The number of rotatable bonds is 4. The van der Waals surface area contributed by atoms with Gasteiger partial charge in [0.2, 0.25) is 0 Å². The van der Waals surface area contributed by atoms with Gasteiger partial charge in [0.15, 0.2) is 0 Å². The fourth-order valence-electron chi connectivity index (χ4n) is 5.83. The average molecular weight is 273 g/mol. The Hall–Kier alpha value is -1.25. The second kappa shape index (κ2) is 4.37. The lowest BCUT2D eigenvalue weighted by atomic mass is 9.48. The van der Waals surface area contributed by atoms with Crippen molar-refractivity contribution in [3.63, 3.8) is 0 Å². The predicted octanol–water partition coefficient (Wildman–Crippen LogP) is 3.72. The minimum absolute atomic E-state index is 0.322. The number of aromatic nitrogens is 1. The number of hydrogen-bond acceptors (Lipinski definition) is 1. The number of aliphatic carboxylic acids is 1. The molecule has 4 fully saturated rings. The summed E-state index contributed by atoms with van der Waals surface area (Å²) in [5, 5.41) is 9.63. The Kier molecular flexibility index (Phi) is 2.73. The standard InChI is InChI=1S/C17H23NO2/c19-16(20)15(18-3-1-2-4-18)11-17-8-12-5-13(9-17)7-14(6-12)10-17/h1-4,12-15H,5-11H2,(H,19,20). The first-order valence-corrected chi connectivity index (χ1v) is 7.99. The monoisotopic (exact) mass is 273 g/mol. The summed E-state index contributed by atoms with van der Waals surface area (Å²) in [7, 11) is 0. The first-order chi connectivity index (χ1) is 9.63. The van der Waals surface area contributed by atoms with Crippen LogP contribution in [0.2, 0.25) is 0 Å². The van der Waals surface area contributed by atoms with E-state index in [4.69, 9.17) is 0 Å². The van der Waals surface area contributed by atoms with E-state index < -0.39 is 5.97 Å². The molecule has 3 heteroatoms. The highest BCUT2D eigenvalue weighted by Gasteiger charge is 2.52. The van der Waals surface area contributed by atoms with Crippen molar-refractivity contribution in [1.29, 1.82) is 0 Å². The molecule has 1 unspecified atom stereocenters. The molecule has 4 saturated carbocycles. The third-order valence-corrected chi connectivity index (χ3v) is 6.06. The highest BCUT2D eigenvalue weighted by atomic mass is 16.4. The summed E-state index contributed by atoms with van der Waals surface area (Å²) in [4.78, 5) is 11.7. The lowest BCUT2D eigenvalue weighted by Gasteiger charge is -2.57. The lowest BCUT2D eigenvalue weighted by Crippen LogP contribution is -2.47. The van der Waals surface area contributed by atoms with Gasteiger partial charge in [0.05, 0.1) is 0 Å². The summed E-state index contributed by atoms with van der Waals surface area (Å²) in [6, 6.07) is 3.48. The van der Waals surface area contributed by atoms with Crippen molar-refractivity contribution in [2.24, 2.45) is 23.2 Å². The molecule has 1 atom stereocenters. The number of carbonyl (C=O) groups is 1. The van der Waals surface area contributed by atoms with Gasteiger partial charge in [0, 0.05) is 12.4 Å². The van der Waals surface area contributed by atoms with Crippen molar-refractivity contribution in [2.45, 2.75) is 51.0 Å². The van der Waals surface area contributed by atoms with Gasteiger partial charge in [-0.2, -0.15) is 0 Å². The van der Waals surface area contributed by atoms with Gasteiger partial charge >= 0.3 is 5.97 Å². The summed E-state index contributed by atoms with van der Waals surface area (Å²) in [5.41, 5.74) is 0.322. The minimum Gasteiger partial charge on any atom is -0.480 e. The van der Waals surface area contributed by atoms with Crippen LogP contribution in [0, 0.1) is 23.2 Å². The van der Waals surface area contributed by atoms with Crippen molar-refractivity contribution in [3.05, 3.63) is 24.5 Å². The van der Waals surface area contributed by atoms with E-state index in [-0.39, 0.29) is 6.04 Å². The molecule has 3 nitrogen and oxygen atoms in total. The van der Waals surface area contributed by atoms with Gasteiger partial charge in [-0.05, 0) is 80.2 Å². The quantitative estimate of drug-likeness (QED) is 0.908. The topological polar surface area (TPSA) is 42.2 Å². The van der Waals surface area contributed by atoms with Crippen LogP contribution in [0.4, 0.5) is 0 Å². The van der Waals surface area contributed by atoms with Crippen LogP contribution < -0.4 is 0 Å².